The summed E-state index contributed by atoms with van der Waals surface area (Å²) < 4.78 is 0. The van der Waals surface area contributed by atoms with Crippen molar-refractivity contribution in [3.05, 3.63) is 35.4 Å². The van der Waals surface area contributed by atoms with Gasteiger partial charge in [-0.15, -0.1) is 0 Å². The molecule has 0 spiro atoms. The second kappa shape index (κ2) is 8.83. The number of rotatable bonds is 7. The fraction of sp³-hybridized carbons (Fsp3) is 0.579. The van der Waals surface area contributed by atoms with Gasteiger partial charge in [0, 0.05) is 18.5 Å². The first kappa shape index (κ1) is 18.5. The highest BCUT2D eigenvalue weighted by Gasteiger charge is 2.31. The van der Waals surface area contributed by atoms with E-state index in [4.69, 9.17) is 0 Å². The first-order chi connectivity index (χ1) is 11.5. The van der Waals surface area contributed by atoms with E-state index in [0.717, 1.165) is 13.0 Å². The summed E-state index contributed by atoms with van der Waals surface area (Å²) in [7, 11) is 0. The molecule has 5 heteroatoms. The molecule has 1 heterocycles. The zero-order valence-electron chi connectivity index (χ0n) is 15.0. The van der Waals surface area contributed by atoms with Gasteiger partial charge in [-0.3, -0.25) is 9.59 Å². The minimum atomic E-state index is -0.449. The Morgan fingerprint density at radius 1 is 1.25 bits per heavy atom. The molecule has 132 valence electrons. The largest absolute Gasteiger partial charge is 0.354 e. The summed E-state index contributed by atoms with van der Waals surface area (Å²) in [5, 5.41) is 7.94. The van der Waals surface area contributed by atoms with E-state index in [9.17, 15) is 9.59 Å². The summed E-state index contributed by atoms with van der Waals surface area (Å²) in [6.07, 6.45) is 2.26. The molecule has 5 nitrogen and oxygen atoms in total. The van der Waals surface area contributed by atoms with E-state index in [2.05, 4.69) is 41.9 Å². The molecule has 1 aromatic rings. The summed E-state index contributed by atoms with van der Waals surface area (Å²) in [5.41, 5.74) is 2.52. The summed E-state index contributed by atoms with van der Waals surface area (Å²) in [6.45, 7) is 7.60. The van der Waals surface area contributed by atoms with Crippen LogP contribution < -0.4 is 16.0 Å². The molecule has 1 aliphatic rings. The SMILES string of the molecule is CCCNC(=O)[C@H](CC(C)C)NC(=O)[C@@H]1Cc2ccccc2C[NH2+]1. The van der Waals surface area contributed by atoms with Crippen LogP contribution in [0.2, 0.25) is 0 Å². The number of carbonyl (C=O) groups excluding carboxylic acids is 2. The molecule has 0 aliphatic carbocycles. The number of benzene rings is 1. The lowest BCUT2D eigenvalue weighted by atomic mass is 9.95. The molecule has 0 aromatic heterocycles. The zero-order chi connectivity index (χ0) is 17.5. The van der Waals surface area contributed by atoms with Crippen LogP contribution in [0.4, 0.5) is 0 Å². The van der Waals surface area contributed by atoms with Crippen LogP contribution in [0, 0.1) is 5.92 Å². The fourth-order valence-electron chi connectivity index (χ4n) is 3.10. The average Bonchev–Trinajstić information content (AvgIpc) is 2.58. The van der Waals surface area contributed by atoms with Crippen molar-refractivity contribution in [1.82, 2.24) is 10.6 Å². The number of quaternary nitrogens is 1. The van der Waals surface area contributed by atoms with Gasteiger partial charge in [-0.2, -0.15) is 0 Å². The average molecular weight is 332 g/mol. The van der Waals surface area contributed by atoms with Gasteiger partial charge < -0.3 is 16.0 Å². The van der Waals surface area contributed by atoms with E-state index < -0.39 is 6.04 Å². The molecule has 0 radical (unpaired) electrons. The number of fused-ring (bicyclic) bond motifs is 1. The highest BCUT2D eigenvalue weighted by molar-refractivity contribution is 5.89. The minimum Gasteiger partial charge on any atom is -0.354 e. The minimum absolute atomic E-state index is 0.0400. The molecule has 1 aromatic carbocycles. The van der Waals surface area contributed by atoms with Crippen LogP contribution in [-0.4, -0.2) is 30.4 Å². The van der Waals surface area contributed by atoms with Crippen molar-refractivity contribution in [3.63, 3.8) is 0 Å². The Morgan fingerprint density at radius 2 is 1.96 bits per heavy atom. The zero-order valence-corrected chi connectivity index (χ0v) is 15.0. The summed E-state index contributed by atoms with van der Waals surface area (Å²) >= 11 is 0. The summed E-state index contributed by atoms with van der Waals surface area (Å²) in [4.78, 5) is 25.0. The van der Waals surface area contributed by atoms with Crippen LogP contribution in [0.3, 0.4) is 0 Å². The van der Waals surface area contributed by atoms with Gasteiger partial charge >= 0.3 is 0 Å². The van der Waals surface area contributed by atoms with Gasteiger partial charge in [0.1, 0.15) is 12.6 Å². The van der Waals surface area contributed by atoms with Gasteiger partial charge in [0.05, 0.1) is 0 Å². The lowest BCUT2D eigenvalue weighted by molar-refractivity contribution is -0.695. The van der Waals surface area contributed by atoms with E-state index in [1.54, 1.807) is 0 Å². The quantitative estimate of drug-likeness (QED) is 0.689. The van der Waals surface area contributed by atoms with Gasteiger partial charge in [-0.25, -0.2) is 0 Å². The fourth-order valence-corrected chi connectivity index (χ4v) is 3.10. The smallest absolute Gasteiger partial charge is 0.279 e. The molecule has 1 aliphatic heterocycles. The maximum atomic E-state index is 12.7. The maximum absolute atomic E-state index is 12.7. The van der Waals surface area contributed by atoms with Crippen molar-refractivity contribution in [3.8, 4) is 0 Å². The van der Waals surface area contributed by atoms with Gasteiger partial charge in [-0.1, -0.05) is 45.0 Å². The van der Waals surface area contributed by atoms with Crippen molar-refractivity contribution in [2.24, 2.45) is 5.92 Å². The normalized spacial score (nSPS) is 17.9. The van der Waals surface area contributed by atoms with Crippen LogP contribution in [0.15, 0.2) is 24.3 Å². The number of nitrogens with two attached hydrogens (primary N) is 1. The predicted octanol–water partition coefficient (Wildman–Crippen LogP) is 0.732. The summed E-state index contributed by atoms with van der Waals surface area (Å²) in [5.74, 6) is 0.232. The second-order valence-corrected chi connectivity index (χ2v) is 7.00. The lowest BCUT2D eigenvalue weighted by Gasteiger charge is -2.25. The number of amides is 2. The molecule has 0 saturated heterocycles. The molecule has 4 N–H and O–H groups in total. The van der Waals surface area contributed by atoms with Gasteiger partial charge in [0.15, 0.2) is 6.04 Å². The lowest BCUT2D eigenvalue weighted by Crippen LogP contribution is -2.93. The van der Waals surface area contributed by atoms with Crippen molar-refractivity contribution in [2.45, 2.75) is 58.7 Å². The monoisotopic (exact) mass is 332 g/mol. The molecular weight excluding hydrogens is 302 g/mol. The Kier molecular flexibility index (Phi) is 6.79. The van der Waals surface area contributed by atoms with Gasteiger partial charge in [-0.05, 0) is 24.3 Å². The van der Waals surface area contributed by atoms with Crippen molar-refractivity contribution < 1.29 is 14.9 Å². The molecule has 2 atom stereocenters. The highest BCUT2D eigenvalue weighted by Crippen LogP contribution is 2.13. The van der Waals surface area contributed by atoms with E-state index >= 15 is 0 Å². The molecule has 2 rings (SSSR count). The molecule has 0 bridgehead atoms. The third kappa shape index (κ3) is 5.06. The molecule has 0 unspecified atom stereocenters. The van der Waals surface area contributed by atoms with E-state index in [-0.39, 0.29) is 17.9 Å². The first-order valence-corrected chi connectivity index (χ1v) is 8.99. The van der Waals surface area contributed by atoms with Crippen LogP contribution >= 0.6 is 0 Å². The van der Waals surface area contributed by atoms with Crippen LogP contribution in [-0.2, 0) is 22.6 Å². The molecular formula is C19H30N3O2+. The van der Waals surface area contributed by atoms with E-state index in [1.807, 2.05) is 19.1 Å². The third-order valence-corrected chi connectivity index (χ3v) is 4.41. The Labute approximate surface area is 144 Å². The molecule has 2 amide bonds. The standard InChI is InChI=1S/C19H29N3O2/c1-4-9-20-18(23)17(10-13(2)3)22-19(24)16-11-14-7-5-6-8-15(14)12-21-16/h5-8,13,16-17,21H,4,9-12H2,1-3H3,(H,20,23)(H,22,24)/p+1/t16-,17-/m0/s1. The Hall–Kier alpha value is -1.88. The van der Waals surface area contributed by atoms with Gasteiger partial charge in [0.25, 0.3) is 5.91 Å². The molecule has 0 fully saturated rings. The van der Waals surface area contributed by atoms with Crippen molar-refractivity contribution in [1.29, 1.82) is 0 Å². The summed E-state index contributed by atoms with van der Waals surface area (Å²) in [6, 6.07) is 7.63. The van der Waals surface area contributed by atoms with Crippen LogP contribution in [0.5, 0.6) is 0 Å². The Morgan fingerprint density at radius 3 is 2.62 bits per heavy atom. The number of nitrogens with one attached hydrogen (secondary N) is 2. The first-order valence-electron chi connectivity index (χ1n) is 8.99. The third-order valence-electron chi connectivity index (χ3n) is 4.41. The number of hydrogen-bond acceptors (Lipinski definition) is 2. The topological polar surface area (TPSA) is 74.8 Å². The maximum Gasteiger partial charge on any atom is 0.279 e. The molecule has 0 saturated carbocycles. The molecule has 24 heavy (non-hydrogen) atoms. The van der Waals surface area contributed by atoms with Crippen molar-refractivity contribution >= 4 is 11.8 Å². The Balaban J connectivity index is 1.98. The van der Waals surface area contributed by atoms with Crippen molar-refractivity contribution in [2.75, 3.05) is 6.54 Å². The number of carbonyl (C=O) groups is 2. The van der Waals surface area contributed by atoms with E-state index in [0.29, 0.717) is 25.3 Å². The van der Waals surface area contributed by atoms with E-state index in [1.165, 1.54) is 11.1 Å². The Bertz CT molecular complexity index is 571. The predicted molar refractivity (Wildman–Crippen MR) is 94.2 cm³/mol. The van der Waals surface area contributed by atoms with Crippen LogP contribution in [0.25, 0.3) is 0 Å². The highest BCUT2D eigenvalue weighted by atomic mass is 16.2. The van der Waals surface area contributed by atoms with Gasteiger partial charge in [0.2, 0.25) is 5.91 Å². The second-order valence-electron chi connectivity index (χ2n) is 7.00. The number of hydrogen-bond donors (Lipinski definition) is 3. The van der Waals surface area contributed by atoms with Crippen LogP contribution in [0.1, 0.15) is 44.7 Å².